The maximum atomic E-state index is 12.9. The largest absolute Gasteiger partial charge is 0.494 e. The zero-order valence-electron chi connectivity index (χ0n) is 16.3. The second kappa shape index (κ2) is 8.41. The van der Waals surface area contributed by atoms with Crippen LogP contribution >= 0.6 is 23.4 Å². The molecule has 146 valence electrons. The summed E-state index contributed by atoms with van der Waals surface area (Å²) in [7, 11) is 0. The number of hydrogen-bond acceptors (Lipinski definition) is 4. The lowest BCUT2D eigenvalue weighted by molar-refractivity contribution is -0.113. The quantitative estimate of drug-likeness (QED) is 0.529. The van der Waals surface area contributed by atoms with Gasteiger partial charge in [0.25, 0.3) is 11.1 Å². The van der Waals surface area contributed by atoms with Crippen LogP contribution in [0.4, 0.5) is 10.5 Å². The first-order chi connectivity index (χ1) is 13.3. The fourth-order valence-electron chi connectivity index (χ4n) is 3.05. The number of imide groups is 1. The van der Waals surface area contributed by atoms with E-state index in [0.29, 0.717) is 22.2 Å². The number of rotatable bonds is 5. The van der Waals surface area contributed by atoms with Crippen LogP contribution < -0.4 is 9.64 Å². The normalized spacial score (nSPS) is 15.8. The number of amides is 2. The molecule has 6 heteroatoms. The second-order valence-corrected chi connectivity index (χ2v) is 8.20. The van der Waals surface area contributed by atoms with Crippen LogP contribution in [0.5, 0.6) is 5.75 Å². The molecule has 0 saturated carbocycles. The molecular weight excluding hydrogens is 394 g/mol. The van der Waals surface area contributed by atoms with Crippen LogP contribution in [-0.4, -0.2) is 17.8 Å². The minimum Gasteiger partial charge on any atom is -0.494 e. The molecule has 1 aliphatic heterocycles. The number of benzene rings is 2. The summed E-state index contributed by atoms with van der Waals surface area (Å²) in [5, 5.41) is 0.0161. The summed E-state index contributed by atoms with van der Waals surface area (Å²) in [4.78, 5) is 26.9. The molecule has 0 atom stereocenters. The Bertz CT molecular complexity index is 968. The number of hydrogen-bond donors (Lipinski definition) is 0. The molecule has 2 aromatic rings. The number of halogens is 1. The molecule has 0 unspecified atom stereocenters. The molecule has 0 N–H and O–H groups in total. The molecular formula is C22H22ClNO3S. The first kappa shape index (κ1) is 20.5. The molecule has 2 amide bonds. The number of aryl methyl sites for hydroxylation is 1. The van der Waals surface area contributed by atoms with Crippen molar-refractivity contribution in [3.63, 3.8) is 0 Å². The number of carbonyl (C=O) groups excluding carboxylic acids is 2. The standard InChI is InChI=1S/C22H22ClNO3S/c1-5-27-19-10-14(4)15(11-16(19)13(2)3)12-20-21(25)24(22(26)28-20)18-9-7-6-8-17(18)23/h6-13H,5H2,1-4H3/b20-12-. The highest BCUT2D eigenvalue weighted by atomic mass is 35.5. The lowest BCUT2D eigenvalue weighted by atomic mass is 9.96. The molecule has 1 saturated heterocycles. The fourth-order valence-corrected chi connectivity index (χ4v) is 4.10. The average Bonchev–Trinajstić information content (AvgIpc) is 2.91. The number of thioether (sulfide) groups is 1. The smallest absolute Gasteiger partial charge is 0.298 e. The Kier molecular flexibility index (Phi) is 6.16. The SMILES string of the molecule is CCOc1cc(C)c(/C=C2\SC(=O)N(c3ccccc3Cl)C2=O)cc1C(C)C. The van der Waals surface area contributed by atoms with Gasteiger partial charge in [-0.1, -0.05) is 37.6 Å². The molecule has 2 aromatic carbocycles. The lowest BCUT2D eigenvalue weighted by Gasteiger charge is -2.16. The van der Waals surface area contributed by atoms with Crippen LogP contribution in [0.1, 0.15) is 43.4 Å². The first-order valence-electron chi connectivity index (χ1n) is 9.13. The molecule has 0 bridgehead atoms. The Morgan fingerprint density at radius 1 is 1.21 bits per heavy atom. The van der Waals surface area contributed by atoms with Gasteiger partial charge in [-0.3, -0.25) is 9.59 Å². The highest BCUT2D eigenvalue weighted by Crippen LogP contribution is 2.39. The Hall–Kier alpha value is -2.24. The van der Waals surface area contributed by atoms with Crippen LogP contribution in [0.15, 0.2) is 41.3 Å². The van der Waals surface area contributed by atoms with E-state index in [0.717, 1.165) is 39.1 Å². The van der Waals surface area contributed by atoms with E-state index in [1.54, 1.807) is 30.3 Å². The van der Waals surface area contributed by atoms with Gasteiger partial charge in [-0.05, 0) is 78.6 Å². The van der Waals surface area contributed by atoms with Crippen molar-refractivity contribution < 1.29 is 14.3 Å². The van der Waals surface area contributed by atoms with Crippen LogP contribution in [-0.2, 0) is 4.79 Å². The minimum atomic E-state index is -0.359. The van der Waals surface area contributed by atoms with Crippen molar-refractivity contribution in [2.24, 2.45) is 0 Å². The zero-order valence-corrected chi connectivity index (χ0v) is 17.9. The Morgan fingerprint density at radius 2 is 1.93 bits per heavy atom. The molecule has 28 heavy (non-hydrogen) atoms. The van der Waals surface area contributed by atoms with Gasteiger partial charge in [0.05, 0.1) is 22.2 Å². The molecule has 3 rings (SSSR count). The molecule has 0 aromatic heterocycles. The van der Waals surface area contributed by atoms with Gasteiger partial charge in [-0.25, -0.2) is 4.90 Å². The van der Waals surface area contributed by atoms with E-state index >= 15 is 0 Å². The fraction of sp³-hybridized carbons (Fsp3) is 0.273. The topological polar surface area (TPSA) is 46.6 Å². The number of anilines is 1. The van der Waals surface area contributed by atoms with Gasteiger partial charge in [0, 0.05) is 0 Å². The lowest BCUT2D eigenvalue weighted by Crippen LogP contribution is -2.27. The molecule has 1 fully saturated rings. The Labute approximate surface area is 174 Å². The number of para-hydroxylation sites is 1. The van der Waals surface area contributed by atoms with E-state index in [4.69, 9.17) is 16.3 Å². The maximum absolute atomic E-state index is 12.9. The second-order valence-electron chi connectivity index (χ2n) is 6.80. The summed E-state index contributed by atoms with van der Waals surface area (Å²) in [6.07, 6.45) is 1.78. The molecule has 0 radical (unpaired) electrons. The van der Waals surface area contributed by atoms with Crippen molar-refractivity contribution in [1.82, 2.24) is 0 Å². The van der Waals surface area contributed by atoms with Gasteiger partial charge < -0.3 is 4.74 Å². The van der Waals surface area contributed by atoms with Crippen molar-refractivity contribution >= 4 is 46.3 Å². The molecule has 1 heterocycles. The third kappa shape index (κ3) is 3.96. The highest BCUT2D eigenvalue weighted by molar-refractivity contribution is 8.19. The summed E-state index contributed by atoms with van der Waals surface area (Å²) < 4.78 is 5.76. The maximum Gasteiger partial charge on any atom is 0.298 e. The van der Waals surface area contributed by atoms with E-state index in [1.165, 1.54) is 0 Å². The molecule has 4 nitrogen and oxygen atoms in total. The summed E-state index contributed by atoms with van der Waals surface area (Å²) in [5.74, 6) is 0.770. The minimum absolute atomic E-state index is 0.271. The van der Waals surface area contributed by atoms with Crippen molar-refractivity contribution in [3.8, 4) is 5.75 Å². The van der Waals surface area contributed by atoms with Crippen LogP contribution in [0.25, 0.3) is 6.08 Å². The third-order valence-electron chi connectivity index (χ3n) is 4.49. The van der Waals surface area contributed by atoms with E-state index in [-0.39, 0.29) is 17.1 Å². The Morgan fingerprint density at radius 3 is 2.57 bits per heavy atom. The van der Waals surface area contributed by atoms with Gasteiger partial charge in [0.2, 0.25) is 0 Å². The molecule has 1 aliphatic rings. The van der Waals surface area contributed by atoms with E-state index < -0.39 is 0 Å². The number of carbonyl (C=O) groups is 2. The average molecular weight is 416 g/mol. The van der Waals surface area contributed by atoms with E-state index in [9.17, 15) is 9.59 Å². The summed E-state index contributed by atoms with van der Waals surface area (Å²) in [6.45, 7) is 8.72. The first-order valence-corrected chi connectivity index (χ1v) is 10.3. The highest BCUT2D eigenvalue weighted by Gasteiger charge is 2.37. The van der Waals surface area contributed by atoms with Gasteiger partial charge in [0.15, 0.2) is 0 Å². The van der Waals surface area contributed by atoms with E-state index in [2.05, 4.69) is 13.8 Å². The van der Waals surface area contributed by atoms with Crippen molar-refractivity contribution in [2.45, 2.75) is 33.6 Å². The van der Waals surface area contributed by atoms with Gasteiger partial charge in [-0.15, -0.1) is 0 Å². The predicted octanol–water partition coefficient (Wildman–Crippen LogP) is 6.41. The van der Waals surface area contributed by atoms with Crippen LogP contribution in [0.3, 0.4) is 0 Å². The predicted molar refractivity (Wildman–Crippen MR) is 116 cm³/mol. The van der Waals surface area contributed by atoms with Crippen molar-refractivity contribution in [2.75, 3.05) is 11.5 Å². The summed E-state index contributed by atoms with van der Waals surface area (Å²) in [5.41, 5.74) is 3.36. The third-order valence-corrected chi connectivity index (χ3v) is 5.68. The number of ether oxygens (including phenoxy) is 1. The van der Waals surface area contributed by atoms with E-state index in [1.807, 2.05) is 26.0 Å². The van der Waals surface area contributed by atoms with Gasteiger partial charge in [-0.2, -0.15) is 0 Å². The van der Waals surface area contributed by atoms with Crippen LogP contribution in [0, 0.1) is 6.92 Å². The van der Waals surface area contributed by atoms with Gasteiger partial charge >= 0.3 is 0 Å². The molecule has 0 aliphatic carbocycles. The summed E-state index contributed by atoms with van der Waals surface area (Å²) >= 11 is 7.11. The zero-order chi connectivity index (χ0) is 20.4. The monoisotopic (exact) mass is 415 g/mol. The van der Waals surface area contributed by atoms with Gasteiger partial charge in [0.1, 0.15) is 5.75 Å². The van der Waals surface area contributed by atoms with Crippen molar-refractivity contribution in [3.05, 3.63) is 63.0 Å². The van der Waals surface area contributed by atoms with Crippen LogP contribution in [0.2, 0.25) is 5.02 Å². The van der Waals surface area contributed by atoms with Crippen molar-refractivity contribution in [1.29, 1.82) is 0 Å². The number of nitrogens with zero attached hydrogens (tertiary/aromatic N) is 1. The molecule has 0 spiro atoms. The Balaban J connectivity index is 2.00. The summed E-state index contributed by atoms with van der Waals surface area (Å²) in [6, 6.07) is 10.9.